The summed E-state index contributed by atoms with van der Waals surface area (Å²) in [6, 6.07) is 10.4. The Bertz CT molecular complexity index is 905. The van der Waals surface area contributed by atoms with E-state index in [1.54, 1.807) is 12.1 Å². The third kappa shape index (κ3) is 5.49. The van der Waals surface area contributed by atoms with Crippen LogP contribution in [0.4, 0.5) is 10.1 Å². The van der Waals surface area contributed by atoms with Crippen molar-refractivity contribution in [2.45, 2.75) is 82.2 Å². The van der Waals surface area contributed by atoms with Gasteiger partial charge in [-0.2, -0.15) is 0 Å². The van der Waals surface area contributed by atoms with Gasteiger partial charge in [-0.25, -0.2) is 4.39 Å². The molecule has 1 saturated carbocycles. The van der Waals surface area contributed by atoms with Crippen molar-refractivity contribution in [3.05, 3.63) is 58.7 Å². The molecule has 1 saturated heterocycles. The number of hydrogen-bond donors (Lipinski definition) is 3. The summed E-state index contributed by atoms with van der Waals surface area (Å²) < 4.78 is 14.2. The minimum absolute atomic E-state index is 0.112. The summed E-state index contributed by atoms with van der Waals surface area (Å²) >= 11 is 0. The van der Waals surface area contributed by atoms with Crippen LogP contribution in [0.2, 0.25) is 0 Å². The molecule has 1 atom stereocenters. The predicted molar refractivity (Wildman–Crippen MR) is 129 cm³/mol. The molecule has 0 radical (unpaired) electrons. The number of anilines is 1. The number of nitrogens with zero attached hydrogens (tertiary/aromatic N) is 1. The molecule has 2 aromatic rings. The van der Waals surface area contributed by atoms with Gasteiger partial charge < -0.3 is 16.0 Å². The van der Waals surface area contributed by atoms with Crippen molar-refractivity contribution in [2.75, 3.05) is 25.0 Å². The van der Waals surface area contributed by atoms with Gasteiger partial charge >= 0.3 is 0 Å². The molecule has 3 heterocycles. The van der Waals surface area contributed by atoms with Gasteiger partial charge in [0.15, 0.2) is 0 Å². The summed E-state index contributed by atoms with van der Waals surface area (Å²) in [6.07, 6.45) is 10.5. The molecule has 1 aromatic carbocycles. The summed E-state index contributed by atoms with van der Waals surface area (Å²) in [7, 11) is 0. The molecule has 0 amide bonds. The standard InChI is InChI=1S/C27H37FN4/c28-22-7-9-25(19-5-6-19)21(17-22)16-20-4-2-1-3-13-30-26-10-8-24(32-27(20)26)18-31-23-11-14-29-15-12-23/h7-10,17,19-20,23,29-31H,1-6,11-16,18H2. The second kappa shape index (κ2) is 10.3. The molecule has 32 heavy (non-hydrogen) atoms. The lowest BCUT2D eigenvalue weighted by atomic mass is 9.87. The van der Waals surface area contributed by atoms with Gasteiger partial charge in [-0.3, -0.25) is 4.98 Å². The van der Waals surface area contributed by atoms with Crippen LogP contribution < -0.4 is 16.0 Å². The zero-order valence-corrected chi connectivity index (χ0v) is 19.1. The lowest BCUT2D eigenvalue weighted by Gasteiger charge is -2.24. The number of pyridine rings is 1. The summed E-state index contributed by atoms with van der Waals surface area (Å²) in [4.78, 5) is 5.20. The van der Waals surface area contributed by atoms with Gasteiger partial charge in [0, 0.05) is 25.0 Å². The first kappa shape index (κ1) is 21.8. The van der Waals surface area contributed by atoms with Gasteiger partial charge in [-0.15, -0.1) is 0 Å². The van der Waals surface area contributed by atoms with Gasteiger partial charge in [0.05, 0.1) is 17.1 Å². The maximum absolute atomic E-state index is 14.2. The number of hydrogen-bond acceptors (Lipinski definition) is 4. The quantitative estimate of drug-likeness (QED) is 0.579. The highest BCUT2D eigenvalue weighted by molar-refractivity contribution is 5.51. The number of aromatic nitrogens is 1. The van der Waals surface area contributed by atoms with Crippen LogP contribution in [-0.2, 0) is 13.0 Å². The Morgan fingerprint density at radius 2 is 1.81 bits per heavy atom. The van der Waals surface area contributed by atoms with E-state index >= 15 is 0 Å². The van der Waals surface area contributed by atoms with Crippen molar-refractivity contribution in [3.8, 4) is 0 Å². The average Bonchev–Trinajstić information content (AvgIpc) is 3.64. The highest BCUT2D eigenvalue weighted by Gasteiger charge is 2.28. The Balaban J connectivity index is 1.39. The van der Waals surface area contributed by atoms with E-state index in [2.05, 4.69) is 28.1 Å². The van der Waals surface area contributed by atoms with E-state index in [-0.39, 0.29) is 5.82 Å². The van der Waals surface area contributed by atoms with Crippen LogP contribution in [0.3, 0.4) is 0 Å². The number of rotatable bonds is 6. The first-order valence-electron chi connectivity index (χ1n) is 12.7. The van der Waals surface area contributed by atoms with Crippen LogP contribution in [-0.4, -0.2) is 30.7 Å². The molecular weight excluding hydrogens is 399 g/mol. The van der Waals surface area contributed by atoms with E-state index in [9.17, 15) is 4.39 Å². The largest absolute Gasteiger partial charge is 0.384 e. The molecular formula is C27H37FN4. The third-order valence-corrected chi connectivity index (χ3v) is 7.41. The molecule has 0 spiro atoms. The zero-order valence-electron chi connectivity index (χ0n) is 19.1. The number of piperidine rings is 1. The minimum Gasteiger partial charge on any atom is -0.384 e. The van der Waals surface area contributed by atoms with Crippen LogP contribution in [0.15, 0.2) is 30.3 Å². The molecule has 3 aliphatic rings. The molecule has 2 aliphatic heterocycles. The van der Waals surface area contributed by atoms with E-state index in [4.69, 9.17) is 4.98 Å². The van der Waals surface area contributed by atoms with Crippen LogP contribution >= 0.6 is 0 Å². The van der Waals surface area contributed by atoms with Gasteiger partial charge in [-0.1, -0.05) is 18.9 Å². The maximum Gasteiger partial charge on any atom is 0.123 e. The van der Waals surface area contributed by atoms with Crippen molar-refractivity contribution >= 4 is 5.69 Å². The molecule has 1 aromatic heterocycles. The Labute approximate surface area is 191 Å². The molecule has 4 nitrogen and oxygen atoms in total. The monoisotopic (exact) mass is 436 g/mol. The van der Waals surface area contributed by atoms with Crippen LogP contribution in [0.5, 0.6) is 0 Å². The highest BCUT2D eigenvalue weighted by Crippen LogP contribution is 2.43. The van der Waals surface area contributed by atoms with Gasteiger partial charge in [0.25, 0.3) is 0 Å². The Kier molecular flexibility index (Phi) is 7.03. The molecule has 1 unspecified atom stereocenters. The van der Waals surface area contributed by atoms with Gasteiger partial charge in [-0.05, 0) is 99.3 Å². The minimum atomic E-state index is -0.112. The first-order chi connectivity index (χ1) is 15.8. The number of fused-ring (bicyclic) bond motifs is 1. The van der Waals surface area contributed by atoms with E-state index in [1.807, 2.05) is 6.07 Å². The van der Waals surface area contributed by atoms with Gasteiger partial charge in [0.2, 0.25) is 0 Å². The van der Waals surface area contributed by atoms with E-state index in [1.165, 1.54) is 67.5 Å². The van der Waals surface area contributed by atoms with Crippen LogP contribution in [0.1, 0.15) is 85.7 Å². The summed E-state index contributed by atoms with van der Waals surface area (Å²) in [6.45, 7) is 4.01. The number of halogens is 1. The zero-order chi connectivity index (χ0) is 21.8. The van der Waals surface area contributed by atoms with Crippen LogP contribution in [0.25, 0.3) is 0 Å². The fourth-order valence-corrected chi connectivity index (χ4v) is 5.41. The maximum atomic E-state index is 14.2. The molecule has 5 heteroatoms. The van der Waals surface area contributed by atoms with Gasteiger partial charge in [0.1, 0.15) is 5.82 Å². The number of benzene rings is 1. The third-order valence-electron chi connectivity index (χ3n) is 7.41. The topological polar surface area (TPSA) is 49.0 Å². The molecule has 172 valence electrons. The Hall–Kier alpha value is -1.98. The van der Waals surface area contributed by atoms with E-state index in [0.717, 1.165) is 44.7 Å². The normalized spacial score (nSPS) is 22.3. The molecule has 5 rings (SSSR count). The Morgan fingerprint density at radius 1 is 0.938 bits per heavy atom. The predicted octanol–water partition coefficient (Wildman–Crippen LogP) is 5.25. The lowest BCUT2D eigenvalue weighted by Crippen LogP contribution is -2.39. The van der Waals surface area contributed by atoms with Crippen molar-refractivity contribution in [1.29, 1.82) is 0 Å². The first-order valence-corrected chi connectivity index (χ1v) is 12.7. The highest BCUT2D eigenvalue weighted by atomic mass is 19.1. The Morgan fingerprint density at radius 3 is 2.66 bits per heavy atom. The fourth-order valence-electron chi connectivity index (χ4n) is 5.41. The number of nitrogens with one attached hydrogen (secondary N) is 3. The van der Waals surface area contributed by atoms with Crippen molar-refractivity contribution in [2.24, 2.45) is 0 Å². The van der Waals surface area contributed by atoms with Crippen molar-refractivity contribution < 1.29 is 4.39 Å². The van der Waals surface area contributed by atoms with E-state index < -0.39 is 0 Å². The summed E-state index contributed by atoms with van der Waals surface area (Å²) in [5.74, 6) is 0.848. The molecule has 1 aliphatic carbocycles. The second-order valence-electron chi connectivity index (χ2n) is 9.94. The molecule has 2 fully saturated rings. The fraction of sp³-hybridized carbons (Fsp3) is 0.593. The summed E-state index contributed by atoms with van der Waals surface area (Å²) in [5.41, 5.74) is 6.04. The molecule has 3 N–H and O–H groups in total. The summed E-state index contributed by atoms with van der Waals surface area (Å²) in [5, 5.41) is 10.8. The lowest BCUT2D eigenvalue weighted by molar-refractivity contribution is 0.384. The van der Waals surface area contributed by atoms with Crippen LogP contribution in [0, 0.1) is 5.82 Å². The SMILES string of the molecule is Fc1ccc(C2CC2)c(CC2CCCCCNc3ccc(CNC4CCNCC4)nc32)c1. The smallest absolute Gasteiger partial charge is 0.123 e. The molecule has 0 bridgehead atoms. The van der Waals surface area contributed by atoms with E-state index in [0.29, 0.717) is 17.9 Å². The van der Waals surface area contributed by atoms with Crippen molar-refractivity contribution in [1.82, 2.24) is 15.6 Å². The average molecular weight is 437 g/mol. The second-order valence-corrected chi connectivity index (χ2v) is 9.94. The van der Waals surface area contributed by atoms with Crippen molar-refractivity contribution in [3.63, 3.8) is 0 Å².